The summed E-state index contributed by atoms with van der Waals surface area (Å²) in [5.41, 5.74) is 1.77. The second-order valence-corrected chi connectivity index (χ2v) is 5.96. The fourth-order valence-electron chi connectivity index (χ4n) is 1.11. The van der Waals surface area contributed by atoms with Crippen molar-refractivity contribution in [2.24, 2.45) is 0 Å². The minimum Gasteiger partial charge on any atom is -0.496 e. The summed E-state index contributed by atoms with van der Waals surface area (Å²) in [4.78, 5) is 0. The molecule has 0 amide bonds. The fraction of sp³-hybridized carbons (Fsp3) is 0.778. The van der Waals surface area contributed by atoms with Crippen molar-refractivity contribution >= 4 is 8.80 Å². The fourth-order valence-corrected chi connectivity index (χ4v) is 2.54. The normalized spacial score (nSPS) is 21.6. The van der Waals surface area contributed by atoms with Gasteiger partial charge in [0.1, 0.15) is 12.7 Å². The minimum atomic E-state index is -2.66. The van der Waals surface area contributed by atoms with E-state index in [9.17, 15) is 0 Å². The number of epoxide rings is 1. The Labute approximate surface area is 91.3 Å². The molecule has 0 aliphatic carbocycles. The summed E-state index contributed by atoms with van der Waals surface area (Å²) in [5, 5.41) is 0. The number of hydrogen-bond donors (Lipinski definition) is 0. The molecule has 1 heterocycles. The lowest BCUT2D eigenvalue weighted by molar-refractivity contribution is 0.133. The number of ether oxygens (including phenoxy) is 2. The zero-order chi connectivity index (χ0) is 11.3. The van der Waals surface area contributed by atoms with Gasteiger partial charge in [0.05, 0.1) is 12.4 Å². The van der Waals surface area contributed by atoms with Gasteiger partial charge in [0, 0.05) is 27.0 Å². The molecule has 0 spiro atoms. The van der Waals surface area contributed by atoms with Gasteiger partial charge in [0.25, 0.3) is 0 Å². The Morgan fingerprint density at radius 1 is 1.33 bits per heavy atom. The maximum absolute atomic E-state index is 5.46. The quantitative estimate of drug-likeness (QED) is 0.369. The van der Waals surface area contributed by atoms with E-state index in [1.165, 1.54) is 0 Å². The van der Waals surface area contributed by atoms with Crippen LogP contribution in [0.3, 0.4) is 0 Å². The van der Waals surface area contributed by atoms with Crippen molar-refractivity contribution in [3.8, 4) is 0 Å². The maximum atomic E-state index is 5.46. The molecular formula is C9H18O5Si. The van der Waals surface area contributed by atoms with Crippen molar-refractivity contribution in [1.82, 2.24) is 0 Å². The minimum absolute atomic E-state index is 0.247. The Hall–Kier alpha value is -0.403. The SMILES string of the molecule is CO[Si](/C=C(\C)OCC1CO1)(OC)OC. The average molecular weight is 234 g/mol. The van der Waals surface area contributed by atoms with Gasteiger partial charge in [-0.15, -0.1) is 0 Å². The van der Waals surface area contributed by atoms with E-state index >= 15 is 0 Å². The molecule has 1 aliphatic heterocycles. The van der Waals surface area contributed by atoms with Crippen molar-refractivity contribution in [3.63, 3.8) is 0 Å². The van der Waals surface area contributed by atoms with Gasteiger partial charge in [0.2, 0.25) is 0 Å². The Balaban J connectivity index is 2.47. The van der Waals surface area contributed by atoms with Crippen LogP contribution in [0.2, 0.25) is 0 Å². The summed E-state index contributed by atoms with van der Waals surface area (Å²) in [6.45, 7) is 3.21. The standard InChI is InChI=1S/C9H18O5Si/c1-8(13-5-9-6-14-9)7-15(10-2,11-3)12-4/h7,9H,5-6H2,1-4H3/b8-7+. The Morgan fingerprint density at radius 2 is 1.87 bits per heavy atom. The van der Waals surface area contributed by atoms with Crippen LogP contribution in [0.5, 0.6) is 0 Å². The molecular weight excluding hydrogens is 216 g/mol. The summed E-state index contributed by atoms with van der Waals surface area (Å²) in [6, 6.07) is 0. The lowest BCUT2D eigenvalue weighted by Crippen LogP contribution is -2.41. The van der Waals surface area contributed by atoms with E-state index in [4.69, 9.17) is 22.8 Å². The molecule has 0 aromatic heterocycles. The molecule has 0 N–H and O–H groups in total. The topological polar surface area (TPSA) is 49.5 Å². The molecule has 1 saturated heterocycles. The number of hydrogen-bond acceptors (Lipinski definition) is 5. The number of allylic oxidation sites excluding steroid dienone is 1. The monoisotopic (exact) mass is 234 g/mol. The molecule has 88 valence electrons. The molecule has 1 rings (SSSR count). The Bertz CT molecular complexity index is 214. The lowest BCUT2D eigenvalue weighted by Gasteiger charge is -2.21. The van der Waals surface area contributed by atoms with Crippen LogP contribution in [0.4, 0.5) is 0 Å². The van der Waals surface area contributed by atoms with Crippen LogP contribution in [0.25, 0.3) is 0 Å². The van der Waals surface area contributed by atoms with E-state index in [2.05, 4.69) is 0 Å². The molecule has 0 aromatic rings. The van der Waals surface area contributed by atoms with Crippen LogP contribution < -0.4 is 0 Å². The Morgan fingerprint density at radius 3 is 2.27 bits per heavy atom. The van der Waals surface area contributed by atoms with Gasteiger partial charge in [-0.2, -0.15) is 0 Å². The molecule has 0 saturated carbocycles. The van der Waals surface area contributed by atoms with Gasteiger partial charge >= 0.3 is 8.80 Å². The van der Waals surface area contributed by atoms with Gasteiger partial charge in [-0.3, -0.25) is 0 Å². The van der Waals surface area contributed by atoms with Gasteiger partial charge < -0.3 is 22.8 Å². The van der Waals surface area contributed by atoms with Crippen molar-refractivity contribution < 1.29 is 22.8 Å². The summed E-state index contributed by atoms with van der Waals surface area (Å²) < 4.78 is 26.2. The van der Waals surface area contributed by atoms with Gasteiger partial charge in [0.15, 0.2) is 0 Å². The van der Waals surface area contributed by atoms with Crippen LogP contribution in [0.15, 0.2) is 11.5 Å². The van der Waals surface area contributed by atoms with E-state index in [1.807, 2.05) is 6.92 Å². The maximum Gasteiger partial charge on any atom is 0.532 e. The van der Waals surface area contributed by atoms with Crippen LogP contribution in [0, 0.1) is 0 Å². The zero-order valence-corrected chi connectivity index (χ0v) is 10.6. The third kappa shape index (κ3) is 3.92. The van der Waals surface area contributed by atoms with Gasteiger partial charge in [-0.05, 0) is 6.92 Å². The predicted octanol–water partition coefficient (Wildman–Crippen LogP) is 0.723. The summed E-state index contributed by atoms with van der Waals surface area (Å²) >= 11 is 0. The molecule has 0 bridgehead atoms. The third-order valence-corrected chi connectivity index (χ3v) is 4.60. The van der Waals surface area contributed by atoms with Crippen LogP contribution in [-0.2, 0) is 22.8 Å². The first-order valence-corrected chi connectivity index (χ1v) is 6.55. The van der Waals surface area contributed by atoms with Crippen molar-refractivity contribution in [2.45, 2.75) is 13.0 Å². The van der Waals surface area contributed by atoms with Gasteiger partial charge in [-0.1, -0.05) is 0 Å². The number of rotatable bonds is 7. The molecule has 1 atom stereocenters. The molecule has 6 heteroatoms. The lowest BCUT2D eigenvalue weighted by atomic mass is 10.5. The molecule has 0 aromatic carbocycles. The largest absolute Gasteiger partial charge is 0.532 e. The first kappa shape index (κ1) is 12.7. The molecule has 1 fully saturated rings. The van der Waals surface area contributed by atoms with E-state index in [0.717, 1.165) is 12.4 Å². The highest BCUT2D eigenvalue weighted by atomic mass is 28.4. The van der Waals surface area contributed by atoms with Crippen molar-refractivity contribution in [2.75, 3.05) is 34.5 Å². The van der Waals surface area contributed by atoms with Crippen molar-refractivity contribution in [1.29, 1.82) is 0 Å². The molecule has 15 heavy (non-hydrogen) atoms. The Kier molecular flexibility index (Phi) is 4.74. The third-order valence-electron chi connectivity index (χ3n) is 2.13. The summed E-state index contributed by atoms with van der Waals surface area (Å²) in [7, 11) is 2.03. The average Bonchev–Trinajstić information content (AvgIpc) is 3.07. The highest BCUT2D eigenvalue weighted by Crippen LogP contribution is 2.14. The van der Waals surface area contributed by atoms with E-state index in [0.29, 0.717) is 6.61 Å². The first-order valence-electron chi connectivity index (χ1n) is 4.75. The van der Waals surface area contributed by atoms with E-state index < -0.39 is 8.80 Å². The highest BCUT2D eigenvalue weighted by molar-refractivity contribution is 6.66. The second kappa shape index (κ2) is 5.62. The summed E-state index contributed by atoms with van der Waals surface area (Å²) in [6.07, 6.45) is 0.247. The van der Waals surface area contributed by atoms with E-state index in [-0.39, 0.29) is 6.10 Å². The smallest absolute Gasteiger partial charge is 0.496 e. The molecule has 5 nitrogen and oxygen atoms in total. The van der Waals surface area contributed by atoms with Crippen molar-refractivity contribution in [3.05, 3.63) is 11.5 Å². The molecule has 1 aliphatic rings. The zero-order valence-electron chi connectivity index (χ0n) is 9.61. The highest BCUT2D eigenvalue weighted by Gasteiger charge is 2.36. The van der Waals surface area contributed by atoms with Crippen LogP contribution in [0.1, 0.15) is 6.92 Å². The molecule has 0 radical (unpaired) electrons. The molecule has 1 unspecified atom stereocenters. The first-order chi connectivity index (χ1) is 7.15. The van der Waals surface area contributed by atoms with Crippen LogP contribution in [-0.4, -0.2) is 49.5 Å². The predicted molar refractivity (Wildman–Crippen MR) is 56.2 cm³/mol. The van der Waals surface area contributed by atoms with Gasteiger partial charge in [-0.25, -0.2) is 0 Å². The second-order valence-electron chi connectivity index (χ2n) is 3.24. The van der Waals surface area contributed by atoms with E-state index in [1.54, 1.807) is 27.0 Å². The summed E-state index contributed by atoms with van der Waals surface area (Å²) in [5.74, 6) is 0.739. The van der Waals surface area contributed by atoms with Crippen LogP contribution >= 0.6 is 0 Å².